The summed E-state index contributed by atoms with van der Waals surface area (Å²) in [6.45, 7) is 2.99. The Morgan fingerprint density at radius 2 is 2.22 bits per heavy atom. The number of hydrogen-bond acceptors (Lipinski definition) is 3. The van der Waals surface area contributed by atoms with Gasteiger partial charge in [0.05, 0.1) is 24.5 Å². The number of hydrogen-bond donors (Lipinski definition) is 1. The van der Waals surface area contributed by atoms with Crippen molar-refractivity contribution in [3.8, 4) is 5.75 Å². The lowest BCUT2D eigenvalue weighted by atomic mass is 10.2. The molecule has 0 radical (unpaired) electrons. The molecule has 0 atom stereocenters. The van der Waals surface area contributed by atoms with Crippen LogP contribution in [0.3, 0.4) is 0 Å². The fourth-order valence-corrected chi connectivity index (χ4v) is 1.68. The van der Waals surface area contributed by atoms with E-state index < -0.39 is 0 Å². The predicted molar refractivity (Wildman–Crippen MR) is 68.1 cm³/mol. The minimum atomic E-state index is -0.301. The van der Waals surface area contributed by atoms with E-state index >= 15 is 0 Å². The Morgan fingerprint density at radius 1 is 1.39 bits per heavy atom. The van der Waals surface area contributed by atoms with Gasteiger partial charge in [-0.05, 0) is 25.1 Å². The van der Waals surface area contributed by atoms with Crippen LogP contribution in [0.15, 0.2) is 30.5 Å². The van der Waals surface area contributed by atoms with Gasteiger partial charge < -0.3 is 10.1 Å². The van der Waals surface area contributed by atoms with Crippen molar-refractivity contribution in [2.75, 3.05) is 11.9 Å². The molecule has 0 bridgehead atoms. The number of anilines is 1. The highest BCUT2D eigenvalue weighted by Crippen LogP contribution is 2.25. The van der Waals surface area contributed by atoms with Gasteiger partial charge in [-0.3, -0.25) is 4.68 Å². The van der Waals surface area contributed by atoms with Crippen LogP contribution in [0.25, 0.3) is 0 Å². The van der Waals surface area contributed by atoms with Crippen LogP contribution in [0, 0.1) is 5.82 Å². The minimum Gasteiger partial charge on any atom is -0.492 e. The molecule has 4 nitrogen and oxygen atoms in total. The topological polar surface area (TPSA) is 39.1 Å². The number of halogens is 1. The van der Waals surface area contributed by atoms with Crippen LogP contribution in [0.4, 0.5) is 10.1 Å². The summed E-state index contributed by atoms with van der Waals surface area (Å²) in [5.74, 6) is 0.226. The van der Waals surface area contributed by atoms with E-state index in [0.717, 1.165) is 11.4 Å². The lowest BCUT2D eigenvalue weighted by Gasteiger charge is -2.12. The van der Waals surface area contributed by atoms with Crippen molar-refractivity contribution in [3.63, 3.8) is 0 Å². The number of benzene rings is 1. The molecule has 0 unspecified atom stereocenters. The molecule has 2 aromatic rings. The fraction of sp³-hybridized carbons (Fsp3) is 0.308. The van der Waals surface area contributed by atoms with Gasteiger partial charge in [0.1, 0.15) is 11.6 Å². The van der Waals surface area contributed by atoms with Crippen LogP contribution >= 0.6 is 0 Å². The van der Waals surface area contributed by atoms with E-state index in [2.05, 4.69) is 10.4 Å². The molecule has 96 valence electrons. The van der Waals surface area contributed by atoms with E-state index in [1.165, 1.54) is 12.1 Å². The zero-order chi connectivity index (χ0) is 13.0. The first-order valence-electron chi connectivity index (χ1n) is 5.84. The average Bonchev–Trinajstić information content (AvgIpc) is 2.74. The second-order valence-corrected chi connectivity index (χ2v) is 3.87. The Hall–Kier alpha value is -2.04. The van der Waals surface area contributed by atoms with Crippen molar-refractivity contribution in [3.05, 3.63) is 42.0 Å². The zero-order valence-corrected chi connectivity index (χ0v) is 10.5. The lowest BCUT2D eigenvalue weighted by molar-refractivity contribution is 0.339. The summed E-state index contributed by atoms with van der Waals surface area (Å²) >= 11 is 0. The van der Waals surface area contributed by atoms with E-state index in [1.54, 1.807) is 16.9 Å². The predicted octanol–water partition coefficient (Wildman–Crippen LogP) is 2.57. The maximum absolute atomic E-state index is 13.1. The molecule has 0 amide bonds. The molecule has 0 spiro atoms. The van der Waals surface area contributed by atoms with E-state index in [9.17, 15) is 4.39 Å². The Balaban J connectivity index is 2.11. The molecule has 1 aromatic carbocycles. The summed E-state index contributed by atoms with van der Waals surface area (Å²) in [6.07, 6.45) is 1.74. The molecule has 18 heavy (non-hydrogen) atoms. The van der Waals surface area contributed by atoms with Crippen molar-refractivity contribution in [2.45, 2.75) is 13.5 Å². The maximum Gasteiger partial charge on any atom is 0.145 e. The molecule has 1 heterocycles. The summed E-state index contributed by atoms with van der Waals surface area (Å²) < 4.78 is 20.3. The van der Waals surface area contributed by atoms with Crippen LogP contribution in [0.1, 0.15) is 12.6 Å². The Kier molecular flexibility index (Phi) is 3.82. The van der Waals surface area contributed by atoms with E-state index in [4.69, 9.17) is 4.74 Å². The van der Waals surface area contributed by atoms with Gasteiger partial charge in [0, 0.05) is 19.3 Å². The largest absolute Gasteiger partial charge is 0.492 e. The van der Waals surface area contributed by atoms with Gasteiger partial charge in [-0.2, -0.15) is 5.10 Å². The van der Waals surface area contributed by atoms with Gasteiger partial charge in [0.25, 0.3) is 0 Å². The highest BCUT2D eigenvalue weighted by molar-refractivity contribution is 5.56. The van der Waals surface area contributed by atoms with Crippen LogP contribution in [0.5, 0.6) is 5.75 Å². The fourth-order valence-electron chi connectivity index (χ4n) is 1.68. The first-order valence-corrected chi connectivity index (χ1v) is 5.84. The molecule has 0 aliphatic carbocycles. The summed E-state index contributed by atoms with van der Waals surface area (Å²) in [7, 11) is 1.88. The number of nitrogens with one attached hydrogen (secondary N) is 1. The molecule has 1 N–H and O–H groups in total. The SMILES string of the molecule is CCOc1cc(F)ccc1NCc1ccnn1C. The van der Waals surface area contributed by atoms with Gasteiger partial charge in [-0.25, -0.2) is 4.39 Å². The quantitative estimate of drug-likeness (QED) is 0.885. The Morgan fingerprint density at radius 3 is 2.89 bits per heavy atom. The van der Waals surface area contributed by atoms with Crippen molar-refractivity contribution < 1.29 is 9.13 Å². The third-order valence-corrected chi connectivity index (χ3v) is 2.63. The number of aryl methyl sites for hydroxylation is 1. The zero-order valence-electron chi connectivity index (χ0n) is 10.5. The van der Waals surface area contributed by atoms with Crippen LogP contribution in [-0.4, -0.2) is 16.4 Å². The van der Waals surface area contributed by atoms with Crippen molar-refractivity contribution in [1.29, 1.82) is 0 Å². The number of rotatable bonds is 5. The number of nitrogens with zero attached hydrogens (tertiary/aromatic N) is 2. The third-order valence-electron chi connectivity index (χ3n) is 2.63. The molecule has 1 aromatic heterocycles. The average molecular weight is 249 g/mol. The monoisotopic (exact) mass is 249 g/mol. The van der Waals surface area contributed by atoms with Gasteiger partial charge in [0.15, 0.2) is 0 Å². The third kappa shape index (κ3) is 2.80. The normalized spacial score (nSPS) is 10.4. The van der Waals surface area contributed by atoms with Gasteiger partial charge in [0.2, 0.25) is 0 Å². The molecule has 0 aliphatic rings. The number of aromatic nitrogens is 2. The van der Waals surface area contributed by atoms with Crippen LogP contribution < -0.4 is 10.1 Å². The summed E-state index contributed by atoms with van der Waals surface area (Å²) in [4.78, 5) is 0. The Labute approximate surface area is 105 Å². The molecule has 5 heteroatoms. The first-order chi connectivity index (χ1) is 8.70. The number of ether oxygens (including phenoxy) is 1. The molecule has 0 saturated carbocycles. The highest BCUT2D eigenvalue weighted by atomic mass is 19.1. The lowest BCUT2D eigenvalue weighted by Crippen LogP contribution is -2.07. The summed E-state index contributed by atoms with van der Waals surface area (Å²) in [6, 6.07) is 6.40. The van der Waals surface area contributed by atoms with E-state index in [1.807, 2.05) is 20.0 Å². The molecular weight excluding hydrogens is 233 g/mol. The molecule has 2 rings (SSSR count). The maximum atomic E-state index is 13.1. The standard InChI is InChI=1S/C13H16FN3O/c1-3-18-13-8-10(14)4-5-12(13)15-9-11-6-7-16-17(11)2/h4-8,15H,3,9H2,1-2H3. The highest BCUT2D eigenvalue weighted by Gasteiger charge is 2.06. The second kappa shape index (κ2) is 5.53. The molecule has 0 saturated heterocycles. The van der Waals surface area contributed by atoms with Crippen molar-refractivity contribution >= 4 is 5.69 Å². The molecule has 0 fully saturated rings. The van der Waals surface area contributed by atoms with Gasteiger partial charge in [-0.15, -0.1) is 0 Å². The van der Waals surface area contributed by atoms with Crippen LogP contribution in [0.2, 0.25) is 0 Å². The second-order valence-electron chi connectivity index (χ2n) is 3.87. The summed E-state index contributed by atoms with van der Waals surface area (Å²) in [5.41, 5.74) is 1.82. The molecular formula is C13H16FN3O. The first kappa shape index (κ1) is 12.4. The van der Waals surface area contributed by atoms with Crippen molar-refractivity contribution in [2.24, 2.45) is 7.05 Å². The smallest absolute Gasteiger partial charge is 0.145 e. The minimum absolute atomic E-state index is 0.301. The van der Waals surface area contributed by atoms with Gasteiger partial charge in [-0.1, -0.05) is 0 Å². The van der Waals surface area contributed by atoms with Gasteiger partial charge >= 0.3 is 0 Å². The Bertz CT molecular complexity index is 525. The van der Waals surface area contributed by atoms with E-state index in [-0.39, 0.29) is 5.82 Å². The van der Waals surface area contributed by atoms with Crippen molar-refractivity contribution in [1.82, 2.24) is 9.78 Å². The summed E-state index contributed by atoms with van der Waals surface area (Å²) in [5, 5.41) is 7.30. The van der Waals surface area contributed by atoms with E-state index in [0.29, 0.717) is 18.9 Å². The molecule has 0 aliphatic heterocycles. The van der Waals surface area contributed by atoms with Crippen LogP contribution in [-0.2, 0) is 13.6 Å².